The van der Waals surface area contributed by atoms with Gasteiger partial charge in [-0.1, -0.05) is 6.08 Å². The second-order valence-corrected chi connectivity index (χ2v) is 3.53. The molecule has 2 N–H and O–H groups in total. The average Bonchev–Trinajstić information content (AvgIpc) is 2.03. The van der Waals surface area contributed by atoms with Crippen molar-refractivity contribution in [2.45, 2.75) is 11.4 Å². The Morgan fingerprint density at radius 3 is 3.30 bits per heavy atom. The Labute approximate surface area is 63.2 Å². The molecule has 2 atom stereocenters. The van der Waals surface area contributed by atoms with Crippen molar-refractivity contribution in [3.8, 4) is 0 Å². The highest BCUT2D eigenvalue weighted by molar-refractivity contribution is 8.00. The summed E-state index contributed by atoms with van der Waals surface area (Å²) in [4.78, 5) is 12.6. The molecule has 0 aliphatic carbocycles. The fourth-order valence-corrected chi connectivity index (χ4v) is 2.22. The van der Waals surface area contributed by atoms with Gasteiger partial charge in [0.25, 0.3) is 0 Å². The summed E-state index contributed by atoms with van der Waals surface area (Å²) in [6.45, 7) is 0. The van der Waals surface area contributed by atoms with Crippen molar-refractivity contribution in [1.29, 1.82) is 0 Å². The van der Waals surface area contributed by atoms with Crippen LogP contribution in [0.2, 0.25) is 0 Å². The van der Waals surface area contributed by atoms with Crippen molar-refractivity contribution in [2.75, 3.05) is 5.75 Å². The van der Waals surface area contributed by atoms with Crippen molar-refractivity contribution in [3.63, 3.8) is 0 Å². The van der Waals surface area contributed by atoms with Crippen molar-refractivity contribution in [3.05, 3.63) is 12.3 Å². The van der Waals surface area contributed by atoms with E-state index in [-0.39, 0.29) is 17.3 Å². The molecule has 2 rings (SSSR count). The Morgan fingerprint density at radius 2 is 2.60 bits per heavy atom. The van der Waals surface area contributed by atoms with Crippen LogP contribution in [0.15, 0.2) is 12.3 Å². The van der Waals surface area contributed by atoms with E-state index in [0.29, 0.717) is 0 Å². The van der Waals surface area contributed by atoms with E-state index in [2.05, 4.69) is 0 Å². The van der Waals surface area contributed by atoms with Crippen molar-refractivity contribution < 1.29 is 4.79 Å². The number of β-lactam (4-membered cyclic amide) rings is 1. The largest absolute Gasteiger partial charge is 0.317 e. The number of carbonyl (C=O) groups is 1. The third-order valence-electron chi connectivity index (χ3n) is 1.75. The predicted octanol–water partition coefficient (Wildman–Crippen LogP) is -0.258. The van der Waals surface area contributed by atoms with E-state index in [9.17, 15) is 4.79 Å². The summed E-state index contributed by atoms with van der Waals surface area (Å²) in [5.41, 5.74) is 5.53. The molecule has 0 saturated carbocycles. The van der Waals surface area contributed by atoms with E-state index >= 15 is 0 Å². The van der Waals surface area contributed by atoms with E-state index < -0.39 is 0 Å². The standard InChI is InChI=1S/C6H8N2OS/c7-4-5(9)8-2-1-3-10-6(4)8/h1-2,4,6H,3,7H2/t4-,6+/m1/s1. The Kier molecular flexibility index (Phi) is 1.25. The number of amides is 1. The molecule has 2 heterocycles. The van der Waals surface area contributed by atoms with Gasteiger partial charge in [0, 0.05) is 12.0 Å². The number of rotatable bonds is 0. The van der Waals surface area contributed by atoms with Gasteiger partial charge >= 0.3 is 0 Å². The van der Waals surface area contributed by atoms with E-state index in [1.54, 1.807) is 16.7 Å². The first kappa shape index (κ1) is 6.24. The molecule has 0 spiro atoms. The number of thioether (sulfide) groups is 1. The smallest absolute Gasteiger partial charge is 0.247 e. The summed E-state index contributed by atoms with van der Waals surface area (Å²) < 4.78 is 0. The van der Waals surface area contributed by atoms with E-state index in [1.165, 1.54) is 0 Å². The lowest BCUT2D eigenvalue weighted by molar-refractivity contribution is -0.140. The molecule has 2 aliphatic rings. The topological polar surface area (TPSA) is 46.3 Å². The fourth-order valence-electron chi connectivity index (χ4n) is 1.16. The summed E-state index contributed by atoms with van der Waals surface area (Å²) in [6, 6.07) is -0.255. The molecule has 0 aromatic heterocycles. The Hall–Kier alpha value is -0.480. The molecular formula is C6H8N2OS. The molecule has 0 aromatic rings. The zero-order chi connectivity index (χ0) is 7.14. The molecule has 3 nitrogen and oxygen atoms in total. The lowest BCUT2D eigenvalue weighted by atomic mass is 10.1. The van der Waals surface area contributed by atoms with E-state index in [4.69, 9.17) is 5.73 Å². The molecule has 54 valence electrons. The molecule has 0 bridgehead atoms. The van der Waals surface area contributed by atoms with Crippen molar-refractivity contribution >= 4 is 17.7 Å². The number of hydrogen-bond donors (Lipinski definition) is 1. The molecule has 1 saturated heterocycles. The molecule has 10 heavy (non-hydrogen) atoms. The molecule has 1 fully saturated rings. The quantitative estimate of drug-likeness (QED) is 0.492. The van der Waals surface area contributed by atoms with Crippen LogP contribution < -0.4 is 5.73 Å². The first-order valence-corrected chi connectivity index (χ1v) is 4.21. The number of hydrogen-bond acceptors (Lipinski definition) is 3. The van der Waals surface area contributed by atoms with E-state index in [0.717, 1.165) is 5.75 Å². The van der Waals surface area contributed by atoms with Gasteiger partial charge in [0.1, 0.15) is 11.4 Å². The fraction of sp³-hybridized carbons (Fsp3) is 0.500. The Balaban J connectivity index is 2.18. The van der Waals surface area contributed by atoms with Gasteiger partial charge in [-0.2, -0.15) is 0 Å². The van der Waals surface area contributed by atoms with Gasteiger partial charge in [0.15, 0.2) is 0 Å². The number of carbonyl (C=O) groups excluding carboxylic acids is 1. The molecule has 0 aromatic carbocycles. The van der Waals surface area contributed by atoms with Gasteiger partial charge in [-0.25, -0.2) is 0 Å². The van der Waals surface area contributed by atoms with Gasteiger partial charge in [-0.15, -0.1) is 11.8 Å². The minimum absolute atomic E-state index is 0.0495. The molecule has 1 amide bonds. The van der Waals surface area contributed by atoms with Crippen LogP contribution in [0.4, 0.5) is 0 Å². The van der Waals surface area contributed by atoms with Gasteiger partial charge in [0.05, 0.1) is 0 Å². The van der Waals surface area contributed by atoms with Gasteiger partial charge in [-0.05, 0) is 0 Å². The number of nitrogens with two attached hydrogens (primary N) is 1. The highest BCUT2D eigenvalue weighted by atomic mass is 32.2. The Morgan fingerprint density at radius 1 is 1.80 bits per heavy atom. The first-order valence-electron chi connectivity index (χ1n) is 3.17. The Bertz CT molecular complexity index is 204. The zero-order valence-electron chi connectivity index (χ0n) is 5.36. The minimum Gasteiger partial charge on any atom is -0.317 e. The van der Waals surface area contributed by atoms with Crippen LogP contribution in [-0.2, 0) is 4.79 Å². The normalized spacial score (nSPS) is 37.3. The van der Waals surface area contributed by atoms with Gasteiger partial charge < -0.3 is 10.6 Å². The highest BCUT2D eigenvalue weighted by Crippen LogP contribution is 2.31. The van der Waals surface area contributed by atoms with Crippen LogP contribution >= 0.6 is 11.8 Å². The van der Waals surface area contributed by atoms with Gasteiger partial charge in [-0.3, -0.25) is 4.79 Å². The highest BCUT2D eigenvalue weighted by Gasteiger charge is 2.44. The van der Waals surface area contributed by atoms with Crippen LogP contribution in [0, 0.1) is 0 Å². The summed E-state index contributed by atoms with van der Waals surface area (Å²) >= 11 is 1.72. The summed E-state index contributed by atoms with van der Waals surface area (Å²) in [5, 5.41) is 0.220. The van der Waals surface area contributed by atoms with Crippen molar-refractivity contribution in [2.24, 2.45) is 5.73 Å². The minimum atomic E-state index is -0.255. The summed E-state index contributed by atoms with van der Waals surface area (Å²) in [6.07, 6.45) is 3.80. The zero-order valence-corrected chi connectivity index (χ0v) is 6.17. The second kappa shape index (κ2) is 2.00. The first-order chi connectivity index (χ1) is 4.80. The SMILES string of the molecule is N[C@@H]1C(=O)N2C=CCS[C@@H]12. The maximum atomic E-state index is 10.9. The molecule has 0 unspecified atom stereocenters. The molecular weight excluding hydrogens is 148 g/mol. The third kappa shape index (κ3) is 0.630. The van der Waals surface area contributed by atoms with E-state index in [1.807, 2.05) is 12.3 Å². The van der Waals surface area contributed by atoms with Crippen LogP contribution in [-0.4, -0.2) is 28.0 Å². The van der Waals surface area contributed by atoms with Crippen LogP contribution in [0.3, 0.4) is 0 Å². The number of nitrogens with zero attached hydrogens (tertiary/aromatic N) is 1. The summed E-state index contributed by atoms with van der Waals surface area (Å²) in [7, 11) is 0. The van der Waals surface area contributed by atoms with Gasteiger partial charge in [0.2, 0.25) is 5.91 Å². The maximum absolute atomic E-state index is 10.9. The number of fused-ring (bicyclic) bond motifs is 1. The van der Waals surface area contributed by atoms with Crippen LogP contribution in [0.25, 0.3) is 0 Å². The average molecular weight is 156 g/mol. The summed E-state index contributed by atoms with van der Waals surface area (Å²) in [5.74, 6) is 1.02. The van der Waals surface area contributed by atoms with Crippen molar-refractivity contribution in [1.82, 2.24) is 4.90 Å². The monoisotopic (exact) mass is 156 g/mol. The lowest BCUT2D eigenvalue weighted by Crippen LogP contribution is -2.65. The van der Waals surface area contributed by atoms with Crippen LogP contribution in [0.1, 0.15) is 0 Å². The third-order valence-corrected chi connectivity index (χ3v) is 3.00. The molecule has 0 radical (unpaired) electrons. The maximum Gasteiger partial charge on any atom is 0.247 e. The lowest BCUT2D eigenvalue weighted by Gasteiger charge is -2.44. The molecule has 4 heteroatoms. The second-order valence-electron chi connectivity index (χ2n) is 2.38. The van der Waals surface area contributed by atoms with Crippen LogP contribution in [0.5, 0.6) is 0 Å². The molecule has 2 aliphatic heterocycles. The predicted molar refractivity (Wildman–Crippen MR) is 40.2 cm³/mol.